The topological polar surface area (TPSA) is 45.2 Å². The van der Waals surface area contributed by atoms with Crippen LogP contribution in [0.25, 0.3) is 0 Å². The summed E-state index contributed by atoms with van der Waals surface area (Å²) in [6, 6.07) is 4.35. The van der Waals surface area contributed by atoms with Crippen LogP contribution in [-0.4, -0.2) is 34.4 Å². The first-order valence-electron chi connectivity index (χ1n) is 7.16. The lowest BCUT2D eigenvalue weighted by molar-refractivity contribution is 0.0504. The van der Waals surface area contributed by atoms with Crippen LogP contribution in [0.2, 0.25) is 0 Å². The Hall–Kier alpha value is -1.58. The van der Waals surface area contributed by atoms with Gasteiger partial charge in [-0.1, -0.05) is 0 Å². The van der Waals surface area contributed by atoms with Crippen LogP contribution in [-0.2, 0) is 0 Å². The fourth-order valence-corrected chi connectivity index (χ4v) is 2.82. The van der Waals surface area contributed by atoms with Gasteiger partial charge < -0.3 is 10.2 Å². The lowest BCUT2D eigenvalue weighted by Crippen LogP contribution is -2.47. The Labute approximate surface area is 115 Å². The fraction of sp³-hybridized carbons (Fsp3) is 0.600. The highest BCUT2D eigenvalue weighted by molar-refractivity contribution is 5.93. The smallest absolute Gasteiger partial charge is 0.273 e. The molecule has 104 valence electrons. The van der Waals surface area contributed by atoms with Crippen molar-refractivity contribution >= 4 is 11.6 Å². The van der Waals surface area contributed by atoms with Crippen molar-refractivity contribution in [2.24, 2.45) is 0 Å². The Morgan fingerprint density at radius 1 is 1.42 bits per heavy atom. The second-order valence-electron chi connectivity index (χ2n) is 5.30. The molecule has 0 saturated carbocycles. The molecule has 0 aromatic carbocycles. The van der Waals surface area contributed by atoms with Crippen molar-refractivity contribution in [3.8, 4) is 0 Å². The molecule has 1 aromatic rings. The molecular weight excluding hydrogens is 238 g/mol. The van der Waals surface area contributed by atoms with Crippen molar-refractivity contribution in [1.29, 1.82) is 0 Å². The molecule has 4 nitrogen and oxygen atoms in total. The fourth-order valence-electron chi connectivity index (χ4n) is 2.82. The van der Waals surface area contributed by atoms with Crippen LogP contribution in [0.3, 0.4) is 0 Å². The van der Waals surface area contributed by atoms with Gasteiger partial charge in [-0.05, 0) is 52.2 Å². The van der Waals surface area contributed by atoms with E-state index in [9.17, 15) is 4.79 Å². The molecule has 1 saturated heterocycles. The standard InChI is InChI=1S/C15H23N3O/c1-4-16-13-8-9-17-14(10-13)15(19)18-11(2)6-5-7-12(18)3/h8-12H,4-7H2,1-3H3,(H,16,17). The van der Waals surface area contributed by atoms with Gasteiger partial charge in [0.2, 0.25) is 0 Å². The minimum absolute atomic E-state index is 0.0550. The van der Waals surface area contributed by atoms with Gasteiger partial charge in [-0.15, -0.1) is 0 Å². The lowest BCUT2D eigenvalue weighted by atomic mass is 9.97. The van der Waals surface area contributed by atoms with E-state index in [0.29, 0.717) is 17.8 Å². The zero-order valence-electron chi connectivity index (χ0n) is 12.0. The van der Waals surface area contributed by atoms with Gasteiger partial charge in [-0.3, -0.25) is 9.78 Å². The molecule has 2 atom stereocenters. The van der Waals surface area contributed by atoms with E-state index in [0.717, 1.165) is 25.1 Å². The van der Waals surface area contributed by atoms with Crippen molar-refractivity contribution in [2.45, 2.75) is 52.1 Å². The average Bonchev–Trinajstić information content (AvgIpc) is 2.39. The van der Waals surface area contributed by atoms with Crippen LogP contribution >= 0.6 is 0 Å². The van der Waals surface area contributed by atoms with Crippen molar-refractivity contribution in [3.63, 3.8) is 0 Å². The van der Waals surface area contributed by atoms with Crippen LogP contribution in [0.15, 0.2) is 18.3 Å². The lowest BCUT2D eigenvalue weighted by Gasteiger charge is -2.38. The minimum Gasteiger partial charge on any atom is -0.385 e. The number of pyridine rings is 1. The van der Waals surface area contributed by atoms with Crippen molar-refractivity contribution in [2.75, 3.05) is 11.9 Å². The first kappa shape index (κ1) is 13.8. The van der Waals surface area contributed by atoms with Gasteiger partial charge in [-0.2, -0.15) is 0 Å². The van der Waals surface area contributed by atoms with Gasteiger partial charge in [0.25, 0.3) is 5.91 Å². The number of hydrogen-bond acceptors (Lipinski definition) is 3. The summed E-state index contributed by atoms with van der Waals surface area (Å²) in [7, 11) is 0. The molecule has 0 aliphatic carbocycles. The number of carbonyl (C=O) groups excluding carboxylic acids is 1. The molecule has 2 heterocycles. The summed E-state index contributed by atoms with van der Waals surface area (Å²) in [6.07, 6.45) is 5.08. The number of aromatic nitrogens is 1. The van der Waals surface area contributed by atoms with E-state index in [1.165, 1.54) is 6.42 Å². The molecule has 0 bridgehead atoms. The number of rotatable bonds is 3. The van der Waals surface area contributed by atoms with Gasteiger partial charge in [0.05, 0.1) is 0 Å². The van der Waals surface area contributed by atoms with Gasteiger partial charge in [0.1, 0.15) is 5.69 Å². The van der Waals surface area contributed by atoms with Crippen molar-refractivity contribution in [1.82, 2.24) is 9.88 Å². The predicted molar refractivity (Wildman–Crippen MR) is 77.3 cm³/mol. The Morgan fingerprint density at radius 2 is 2.11 bits per heavy atom. The monoisotopic (exact) mass is 261 g/mol. The summed E-state index contributed by atoms with van der Waals surface area (Å²) in [5.74, 6) is 0.0550. The zero-order chi connectivity index (χ0) is 13.8. The molecule has 0 spiro atoms. The van der Waals surface area contributed by atoms with E-state index >= 15 is 0 Å². The maximum absolute atomic E-state index is 12.6. The number of carbonyl (C=O) groups is 1. The van der Waals surface area contributed by atoms with E-state index in [2.05, 4.69) is 24.1 Å². The molecule has 1 aromatic heterocycles. The molecule has 19 heavy (non-hydrogen) atoms. The SMILES string of the molecule is CCNc1ccnc(C(=O)N2C(C)CCCC2C)c1. The number of nitrogens with one attached hydrogen (secondary N) is 1. The quantitative estimate of drug-likeness (QED) is 0.910. The second-order valence-corrected chi connectivity index (χ2v) is 5.30. The summed E-state index contributed by atoms with van der Waals surface area (Å²) in [5, 5.41) is 3.22. The van der Waals surface area contributed by atoms with E-state index in [4.69, 9.17) is 0 Å². The molecule has 0 radical (unpaired) electrons. The molecular formula is C15H23N3O. The van der Waals surface area contributed by atoms with Gasteiger partial charge in [0.15, 0.2) is 0 Å². The summed E-state index contributed by atoms with van der Waals surface area (Å²) in [6.45, 7) is 7.13. The van der Waals surface area contributed by atoms with Crippen molar-refractivity contribution < 1.29 is 4.79 Å². The highest BCUT2D eigenvalue weighted by Gasteiger charge is 2.30. The Bertz CT molecular complexity index is 437. The Balaban J connectivity index is 2.20. The largest absolute Gasteiger partial charge is 0.385 e. The number of amides is 1. The number of hydrogen-bond donors (Lipinski definition) is 1. The summed E-state index contributed by atoms with van der Waals surface area (Å²) >= 11 is 0. The molecule has 2 rings (SSSR count). The molecule has 1 aliphatic heterocycles. The minimum atomic E-state index is 0.0550. The summed E-state index contributed by atoms with van der Waals surface area (Å²) in [5.41, 5.74) is 1.50. The highest BCUT2D eigenvalue weighted by Crippen LogP contribution is 2.24. The molecule has 4 heteroatoms. The third-order valence-corrected chi connectivity index (χ3v) is 3.79. The third-order valence-electron chi connectivity index (χ3n) is 3.79. The number of piperidine rings is 1. The van der Waals surface area contributed by atoms with E-state index < -0.39 is 0 Å². The number of likely N-dealkylation sites (tertiary alicyclic amines) is 1. The van der Waals surface area contributed by atoms with Crippen LogP contribution in [0.4, 0.5) is 5.69 Å². The van der Waals surface area contributed by atoms with Gasteiger partial charge >= 0.3 is 0 Å². The summed E-state index contributed by atoms with van der Waals surface area (Å²) in [4.78, 5) is 18.8. The molecule has 1 aliphatic rings. The molecule has 1 fully saturated rings. The normalized spacial score (nSPS) is 23.2. The highest BCUT2D eigenvalue weighted by atomic mass is 16.2. The van der Waals surface area contributed by atoms with Crippen LogP contribution in [0.5, 0.6) is 0 Å². The summed E-state index contributed by atoms with van der Waals surface area (Å²) < 4.78 is 0. The van der Waals surface area contributed by atoms with Crippen molar-refractivity contribution in [3.05, 3.63) is 24.0 Å². The second kappa shape index (κ2) is 6.04. The Kier molecular flexibility index (Phi) is 4.40. The first-order chi connectivity index (χ1) is 9.13. The third kappa shape index (κ3) is 3.06. The number of anilines is 1. The molecule has 1 N–H and O–H groups in total. The maximum atomic E-state index is 12.6. The van der Waals surface area contributed by atoms with Gasteiger partial charge in [-0.25, -0.2) is 0 Å². The van der Waals surface area contributed by atoms with Crippen LogP contribution < -0.4 is 5.32 Å². The van der Waals surface area contributed by atoms with E-state index in [1.54, 1.807) is 6.20 Å². The van der Waals surface area contributed by atoms with E-state index in [-0.39, 0.29) is 5.91 Å². The maximum Gasteiger partial charge on any atom is 0.273 e. The molecule has 1 amide bonds. The zero-order valence-corrected chi connectivity index (χ0v) is 12.0. The predicted octanol–water partition coefficient (Wildman–Crippen LogP) is 2.92. The molecule has 2 unspecified atom stereocenters. The van der Waals surface area contributed by atoms with Gasteiger partial charge in [0, 0.05) is 30.5 Å². The first-order valence-corrected chi connectivity index (χ1v) is 7.16. The number of nitrogens with zero attached hydrogens (tertiary/aromatic N) is 2. The van der Waals surface area contributed by atoms with E-state index in [1.807, 2.05) is 24.0 Å². The van der Waals surface area contributed by atoms with Crippen LogP contribution in [0.1, 0.15) is 50.5 Å². The Morgan fingerprint density at radius 3 is 2.74 bits per heavy atom. The van der Waals surface area contributed by atoms with Crippen LogP contribution in [0, 0.1) is 0 Å². The average molecular weight is 261 g/mol.